The van der Waals surface area contributed by atoms with Gasteiger partial charge in [-0.2, -0.15) is 4.98 Å². The van der Waals surface area contributed by atoms with Crippen LogP contribution in [-0.2, 0) is 10.3 Å². The Morgan fingerprint density at radius 2 is 2.05 bits per heavy atom. The Bertz CT molecular complexity index is 483. The lowest BCUT2D eigenvalue weighted by Gasteiger charge is -2.18. The van der Waals surface area contributed by atoms with Crippen LogP contribution >= 0.6 is 0 Å². The van der Waals surface area contributed by atoms with E-state index in [-0.39, 0.29) is 0 Å². The molecule has 0 spiro atoms. The van der Waals surface area contributed by atoms with Crippen LogP contribution in [0, 0.1) is 23.7 Å². The van der Waals surface area contributed by atoms with Gasteiger partial charge < -0.3 is 15.0 Å². The molecule has 5 unspecified atom stereocenters. The molecule has 0 radical (unpaired) electrons. The van der Waals surface area contributed by atoms with Crippen LogP contribution < -0.4 is 5.73 Å². The van der Waals surface area contributed by atoms with Crippen molar-refractivity contribution >= 4 is 0 Å². The van der Waals surface area contributed by atoms with Crippen LogP contribution in [0.3, 0.4) is 0 Å². The van der Waals surface area contributed by atoms with Gasteiger partial charge >= 0.3 is 0 Å². The fourth-order valence-electron chi connectivity index (χ4n) is 4.62. The van der Waals surface area contributed by atoms with Crippen LogP contribution in [0.15, 0.2) is 4.52 Å². The van der Waals surface area contributed by atoms with E-state index >= 15 is 0 Å². The second kappa shape index (κ2) is 3.79. The summed E-state index contributed by atoms with van der Waals surface area (Å²) in [6, 6.07) is 0. The molecule has 104 valence electrons. The molecule has 19 heavy (non-hydrogen) atoms. The molecule has 5 nitrogen and oxygen atoms in total. The van der Waals surface area contributed by atoms with Crippen molar-refractivity contribution in [3.8, 4) is 0 Å². The van der Waals surface area contributed by atoms with Crippen molar-refractivity contribution in [2.75, 3.05) is 13.7 Å². The van der Waals surface area contributed by atoms with E-state index in [0.29, 0.717) is 18.3 Å². The molecule has 1 aromatic rings. The molecular weight excluding hydrogens is 242 g/mol. The van der Waals surface area contributed by atoms with Gasteiger partial charge in [0, 0.05) is 13.0 Å². The third-order valence-corrected chi connectivity index (χ3v) is 5.42. The van der Waals surface area contributed by atoms with Crippen LogP contribution in [0.5, 0.6) is 0 Å². The number of hydrogen-bond donors (Lipinski definition) is 1. The molecule has 2 bridgehead atoms. The van der Waals surface area contributed by atoms with Crippen molar-refractivity contribution in [1.82, 2.24) is 10.1 Å². The van der Waals surface area contributed by atoms with Crippen LogP contribution in [0.25, 0.3) is 0 Å². The van der Waals surface area contributed by atoms with E-state index < -0.39 is 5.54 Å². The monoisotopic (exact) mass is 263 g/mol. The summed E-state index contributed by atoms with van der Waals surface area (Å²) in [6.45, 7) is 2.28. The minimum Gasteiger partial charge on any atom is -0.382 e. The smallest absolute Gasteiger partial charge is 0.230 e. The molecule has 1 heterocycles. The Hall–Kier alpha value is -0.940. The second-order valence-electron chi connectivity index (χ2n) is 6.82. The fourth-order valence-corrected chi connectivity index (χ4v) is 4.62. The van der Waals surface area contributed by atoms with Gasteiger partial charge in [-0.3, -0.25) is 0 Å². The quantitative estimate of drug-likeness (QED) is 0.894. The lowest BCUT2D eigenvalue weighted by Crippen LogP contribution is -2.39. The van der Waals surface area contributed by atoms with Gasteiger partial charge in [-0.25, -0.2) is 0 Å². The second-order valence-corrected chi connectivity index (χ2v) is 6.82. The molecule has 2 N–H and O–H groups in total. The molecule has 3 aliphatic carbocycles. The first-order valence-electron chi connectivity index (χ1n) is 7.24. The van der Waals surface area contributed by atoms with Gasteiger partial charge in [0.25, 0.3) is 0 Å². The fraction of sp³-hybridized carbons (Fsp3) is 0.857. The number of rotatable bonds is 4. The van der Waals surface area contributed by atoms with Crippen molar-refractivity contribution < 1.29 is 9.26 Å². The van der Waals surface area contributed by atoms with Crippen LogP contribution in [0.2, 0.25) is 0 Å². The summed E-state index contributed by atoms with van der Waals surface area (Å²) in [7, 11) is 1.63. The molecule has 1 aromatic heterocycles. The van der Waals surface area contributed by atoms with E-state index in [9.17, 15) is 0 Å². The Labute approximate surface area is 112 Å². The largest absolute Gasteiger partial charge is 0.382 e. The van der Waals surface area contributed by atoms with E-state index in [0.717, 1.165) is 29.6 Å². The maximum absolute atomic E-state index is 6.16. The van der Waals surface area contributed by atoms with E-state index in [2.05, 4.69) is 10.1 Å². The Balaban J connectivity index is 1.54. The number of fused-ring (bicyclic) bond motifs is 5. The summed E-state index contributed by atoms with van der Waals surface area (Å²) in [4.78, 5) is 4.56. The summed E-state index contributed by atoms with van der Waals surface area (Å²) in [5.41, 5.74) is 5.49. The zero-order valence-electron chi connectivity index (χ0n) is 11.5. The number of ether oxygens (including phenoxy) is 1. The first kappa shape index (κ1) is 11.9. The van der Waals surface area contributed by atoms with Gasteiger partial charge in [0.1, 0.15) is 5.54 Å². The average Bonchev–Trinajstić information content (AvgIpc) is 2.79. The summed E-state index contributed by atoms with van der Waals surface area (Å²) < 4.78 is 10.6. The van der Waals surface area contributed by atoms with E-state index in [1.54, 1.807) is 7.11 Å². The van der Waals surface area contributed by atoms with Gasteiger partial charge in [0.05, 0.1) is 6.61 Å². The van der Waals surface area contributed by atoms with Gasteiger partial charge in [-0.15, -0.1) is 0 Å². The topological polar surface area (TPSA) is 74.2 Å². The Kier molecular flexibility index (Phi) is 2.37. The lowest BCUT2D eigenvalue weighted by atomic mass is 10.0. The van der Waals surface area contributed by atoms with E-state index in [1.807, 2.05) is 6.92 Å². The standard InChI is InChI=1S/C14H21N3O2/c1-14(15,6-18-2)13-16-12(19-17-13)11-9-7-3-4-8(5-7)10(9)11/h7-11H,3-6,15H2,1-2H3. The predicted molar refractivity (Wildman–Crippen MR) is 68.3 cm³/mol. The number of hydrogen-bond acceptors (Lipinski definition) is 5. The molecule has 3 fully saturated rings. The predicted octanol–water partition coefficient (Wildman–Crippen LogP) is 1.65. The van der Waals surface area contributed by atoms with Gasteiger partial charge in [-0.1, -0.05) is 5.16 Å². The Morgan fingerprint density at radius 3 is 2.68 bits per heavy atom. The van der Waals surface area contributed by atoms with Crippen molar-refractivity contribution in [3.63, 3.8) is 0 Å². The molecule has 0 aromatic carbocycles. The van der Waals surface area contributed by atoms with E-state index in [4.69, 9.17) is 15.0 Å². The third-order valence-electron chi connectivity index (χ3n) is 5.42. The zero-order chi connectivity index (χ0) is 13.2. The average molecular weight is 263 g/mol. The zero-order valence-corrected chi connectivity index (χ0v) is 11.5. The van der Waals surface area contributed by atoms with E-state index in [1.165, 1.54) is 19.3 Å². The summed E-state index contributed by atoms with van der Waals surface area (Å²) >= 11 is 0. The molecule has 5 heteroatoms. The van der Waals surface area contributed by atoms with Crippen molar-refractivity contribution in [3.05, 3.63) is 11.7 Å². The van der Waals surface area contributed by atoms with Crippen molar-refractivity contribution in [2.24, 2.45) is 29.4 Å². The molecular formula is C14H21N3O2. The SMILES string of the molecule is COCC(C)(N)c1noc(C2C3C4CCC(C4)C23)n1. The minimum absolute atomic E-state index is 0.398. The number of nitrogens with two attached hydrogens (primary N) is 1. The first-order valence-corrected chi connectivity index (χ1v) is 7.24. The van der Waals surface area contributed by atoms with Crippen molar-refractivity contribution in [2.45, 2.75) is 37.6 Å². The first-order chi connectivity index (χ1) is 9.12. The van der Waals surface area contributed by atoms with Gasteiger partial charge in [-0.05, 0) is 49.9 Å². The molecule has 4 rings (SSSR count). The maximum atomic E-state index is 6.16. The highest BCUT2D eigenvalue weighted by Gasteiger charge is 2.67. The highest BCUT2D eigenvalue weighted by atomic mass is 16.5. The lowest BCUT2D eigenvalue weighted by molar-refractivity contribution is 0.135. The highest BCUT2D eigenvalue weighted by Crippen LogP contribution is 2.72. The van der Waals surface area contributed by atoms with Gasteiger partial charge in [0.15, 0.2) is 5.82 Å². The summed E-state index contributed by atoms with van der Waals surface area (Å²) in [5.74, 6) is 5.37. The van der Waals surface area contributed by atoms with Gasteiger partial charge in [0.2, 0.25) is 5.89 Å². The Morgan fingerprint density at radius 1 is 1.37 bits per heavy atom. The third kappa shape index (κ3) is 1.61. The summed E-state index contributed by atoms with van der Waals surface area (Å²) in [5, 5.41) is 4.07. The minimum atomic E-state index is -0.667. The molecule has 5 atom stereocenters. The molecule has 3 saturated carbocycles. The molecule has 0 saturated heterocycles. The number of nitrogens with zero attached hydrogens (tertiary/aromatic N) is 2. The maximum Gasteiger partial charge on any atom is 0.230 e. The summed E-state index contributed by atoms with van der Waals surface area (Å²) in [6.07, 6.45) is 4.24. The molecule has 0 aliphatic heterocycles. The van der Waals surface area contributed by atoms with Crippen LogP contribution in [-0.4, -0.2) is 23.9 Å². The normalized spacial score (nSPS) is 42.2. The highest BCUT2D eigenvalue weighted by molar-refractivity contribution is 5.23. The number of methoxy groups -OCH3 is 1. The van der Waals surface area contributed by atoms with Crippen LogP contribution in [0.1, 0.15) is 43.8 Å². The van der Waals surface area contributed by atoms with Crippen molar-refractivity contribution in [1.29, 1.82) is 0 Å². The number of aromatic nitrogens is 2. The molecule has 3 aliphatic rings. The molecule has 0 amide bonds. The van der Waals surface area contributed by atoms with Crippen LogP contribution in [0.4, 0.5) is 0 Å².